The maximum absolute atomic E-state index is 12.7. The molecule has 0 spiro atoms. The number of carbonyl (C=O) groups is 1. The van der Waals surface area contributed by atoms with Gasteiger partial charge in [-0.1, -0.05) is 30.0 Å². The molecule has 1 nitrogen and oxygen atoms in total. The Labute approximate surface area is 117 Å². The standard InChI is InChI=1S/C15H9F3OS/c16-15(17,18)10-5-6-14-11(8-10)12(19)7-9-3-1-2-4-13(9)20-14/h1-6,8H,7H2. The molecule has 0 aromatic heterocycles. The van der Waals surface area contributed by atoms with Gasteiger partial charge in [-0.05, 0) is 29.8 Å². The van der Waals surface area contributed by atoms with Crippen molar-refractivity contribution in [3.63, 3.8) is 0 Å². The van der Waals surface area contributed by atoms with Crippen LogP contribution in [0.1, 0.15) is 21.5 Å². The Morgan fingerprint density at radius 1 is 1.00 bits per heavy atom. The van der Waals surface area contributed by atoms with Crippen molar-refractivity contribution in [3.8, 4) is 0 Å². The van der Waals surface area contributed by atoms with Gasteiger partial charge in [-0.25, -0.2) is 0 Å². The minimum Gasteiger partial charge on any atom is -0.294 e. The third-order valence-electron chi connectivity index (χ3n) is 3.15. The van der Waals surface area contributed by atoms with Gasteiger partial charge in [0.2, 0.25) is 0 Å². The highest BCUT2D eigenvalue weighted by Gasteiger charge is 2.32. The molecule has 2 aromatic rings. The quantitative estimate of drug-likeness (QED) is 0.706. The Kier molecular flexibility index (Phi) is 3.09. The monoisotopic (exact) mass is 294 g/mol. The van der Waals surface area contributed by atoms with E-state index in [9.17, 15) is 18.0 Å². The zero-order chi connectivity index (χ0) is 14.3. The van der Waals surface area contributed by atoms with Crippen molar-refractivity contribution < 1.29 is 18.0 Å². The summed E-state index contributed by atoms with van der Waals surface area (Å²) < 4.78 is 38.2. The molecule has 0 saturated heterocycles. The first kappa shape index (κ1) is 13.2. The van der Waals surface area contributed by atoms with Crippen LogP contribution in [0, 0.1) is 0 Å². The van der Waals surface area contributed by atoms with E-state index in [2.05, 4.69) is 0 Å². The molecule has 20 heavy (non-hydrogen) atoms. The summed E-state index contributed by atoms with van der Waals surface area (Å²) in [5.41, 5.74) is 0.226. The van der Waals surface area contributed by atoms with Crippen molar-refractivity contribution >= 4 is 17.5 Å². The molecule has 0 fully saturated rings. The first-order chi connectivity index (χ1) is 9.45. The van der Waals surface area contributed by atoms with Gasteiger partial charge in [0.1, 0.15) is 0 Å². The minimum absolute atomic E-state index is 0.136. The van der Waals surface area contributed by atoms with Crippen LogP contribution in [0.5, 0.6) is 0 Å². The third kappa shape index (κ3) is 2.33. The van der Waals surface area contributed by atoms with E-state index in [0.29, 0.717) is 4.90 Å². The second-order valence-electron chi connectivity index (χ2n) is 4.52. The van der Waals surface area contributed by atoms with Crippen LogP contribution in [-0.2, 0) is 12.6 Å². The maximum Gasteiger partial charge on any atom is 0.416 e. The van der Waals surface area contributed by atoms with Crippen LogP contribution < -0.4 is 0 Å². The van der Waals surface area contributed by atoms with Gasteiger partial charge < -0.3 is 0 Å². The highest BCUT2D eigenvalue weighted by atomic mass is 32.2. The Balaban J connectivity index is 2.11. The van der Waals surface area contributed by atoms with Crippen LogP contribution in [0.2, 0.25) is 0 Å². The molecular formula is C15H9F3OS. The summed E-state index contributed by atoms with van der Waals surface area (Å²) in [6.45, 7) is 0. The number of benzene rings is 2. The van der Waals surface area contributed by atoms with E-state index >= 15 is 0 Å². The molecule has 1 aliphatic heterocycles. The molecule has 1 aliphatic rings. The second kappa shape index (κ2) is 4.66. The lowest BCUT2D eigenvalue weighted by Crippen LogP contribution is -2.09. The first-order valence-corrected chi connectivity index (χ1v) is 6.77. The molecule has 0 saturated carbocycles. The molecule has 1 heterocycles. The Hall–Kier alpha value is -1.75. The predicted octanol–water partition coefficient (Wildman–Crippen LogP) is 4.60. The van der Waals surface area contributed by atoms with Gasteiger partial charge in [0.15, 0.2) is 5.78 Å². The van der Waals surface area contributed by atoms with E-state index in [1.807, 2.05) is 24.3 Å². The Morgan fingerprint density at radius 2 is 1.75 bits per heavy atom. The van der Waals surface area contributed by atoms with Crippen molar-refractivity contribution in [1.82, 2.24) is 0 Å². The molecule has 0 N–H and O–H groups in total. The first-order valence-electron chi connectivity index (χ1n) is 5.95. The summed E-state index contributed by atoms with van der Waals surface area (Å²) in [5.74, 6) is -0.274. The zero-order valence-electron chi connectivity index (χ0n) is 10.2. The molecule has 2 aromatic carbocycles. The van der Waals surface area contributed by atoms with Gasteiger partial charge in [-0.15, -0.1) is 0 Å². The van der Waals surface area contributed by atoms with E-state index in [4.69, 9.17) is 0 Å². The molecule has 0 atom stereocenters. The average Bonchev–Trinajstić information content (AvgIpc) is 2.53. The van der Waals surface area contributed by atoms with Crippen LogP contribution in [0.15, 0.2) is 52.3 Å². The summed E-state index contributed by atoms with van der Waals surface area (Å²) >= 11 is 1.34. The van der Waals surface area contributed by atoms with E-state index in [1.165, 1.54) is 17.8 Å². The fourth-order valence-electron chi connectivity index (χ4n) is 2.15. The van der Waals surface area contributed by atoms with Gasteiger partial charge in [0.05, 0.1) is 5.56 Å². The predicted molar refractivity (Wildman–Crippen MR) is 70.0 cm³/mol. The Bertz CT molecular complexity index is 692. The number of halogens is 3. The van der Waals surface area contributed by atoms with Crippen molar-refractivity contribution in [1.29, 1.82) is 0 Å². The summed E-state index contributed by atoms with van der Waals surface area (Å²) in [4.78, 5) is 13.7. The maximum atomic E-state index is 12.7. The fraction of sp³-hybridized carbons (Fsp3) is 0.133. The van der Waals surface area contributed by atoms with E-state index < -0.39 is 11.7 Å². The van der Waals surface area contributed by atoms with Crippen LogP contribution in [-0.4, -0.2) is 5.78 Å². The number of hydrogen-bond acceptors (Lipinski definition) is 2. The van der Waals surface area contributed by atoms with E-state index in [1.54, 1.807) is 0 Å². The fourth-order valence-corrected chi connectivity index (χ4v) is 3.22. The molecule has 3 rings (SSSR count). The number of rotatable bonds is 0. The van der Waals surface area contributed by atoms with Gasteiger partial charge >= 0.3 is 6.18 Å². The van der Waals surface area contributed by atoms with Gasteiger partial charge in [-0.2, -0.15) is 13.2 Å². The smallest absolute Gasteiger partial charge is 0.294 e. The number of fused-ring (bicyclic) bond motifs is 2. The number of carbonyl (C=O) groups excluding carboxylic acids is 1. The molecule has 0 aliphatic carbocycles. The van der Waals surface area contributed by atoms with Crippen LogP contribution >= 0.6 is 11.8 Å². The van der Waals surface area contributed by atoms with Gasteiger partial charge in [-0.3, -0.25) is 4.79 Å². The number of ketones is 1. The minimum atomic E-state index is -4.43. The highest BCUT2D eigenvalue weighted by molar-refractivity contribution is 7.99. The summed E-state index contributed by atoms with van der Waals surface area (Å²) in [6.07, 6.45) is -4.30. The lowest BCUT2D eigenvalue weighted by atomic mass is 10.0. The number of alkyl halides is 3. The largest absolute Gasteiger partial charge is 0.416 e. The lowest BCUT2D eigenvalue weighted by molar-refractivity contribution is -0.137. The summed E-state index contributed by atoms with van der Waals surface area (Å²) in [6, 6.07) is 10.7. The average molecular weight is 294 g/mol. The summed E-state index contributed by atoms with van der Waals surface area (Å²) in [5, 5.41) is 0. The van der Waals surface area contributed by atoms with Crippen molar-refractivity contribution in [3.05, 3.63) is 59.2 Å². The molecule has 0 amide bonds. The topological polar surface area (TPSA) is 17.1 Å². The van der Waals surface area contributed by atoms with Crippen molar-refractivity contribution in [2.45, 2.75) is 22.4 Å². The molecule has 0 radical (unpaired) electrons. The normalized spacial score (nSPS) is 14.4. The molecule has 0 bridgehead atoms. The summed E-state index contributed by atoms with van der Waals surface area (Å²) in [7, 11) is 0. The molecule has 5 heteroatoms. The van der Waals surface area contributed by atoms with E-state index in [-0.39, 0.29) is 17.8 Å². The SMILES string of the molecule is O=C1Cc2ccccc2Sc2ccc(C(F)(F)F)cc21. The van der Waals surface area contributed by atoms with Crippen LogP contribution in [0.3, 0.4) is 0 Å². The number of Topliss-reactive ketones (excluding diaryl/α,β-unsaturated/α-hetero) is 1. The number of hydrogen-bond donors (Lipinski definition) is 0. The highest BCUT2D eigenvalue weighted by Crippen LogP contribution is 2.39. The van der Waals surface area contributed by atoms with Crippen LogP contribution in [0.4, 0.5) is 13.2 Å². The Morgan fingerprint density at radius 3 is 2.50 bits per heavy atom. The molecule has 102 valence electrons. The molecule has 0 unspecified atom stereocenters. The molecular weight excluding hydrogens is 285 g/mol. The van der Waals surface area contributed by atoms with E-state index in [0.717, 1.165) is 22.6 Å². The van der Waals surface area contributed by atoms with Gasteiger partial charge in [0.25, 0.3) is 0 Å². The third-order valence-corrected chi connectivity index (χ3v) is 4.34. The second-order valence-corrected chi connectivity index (χ2v) is 5.60. The zero-order valence-corrected chi connectivity index (χ0v) is 11.0. The van der Waals surface area contributed by atoms with Crippen LogP contribution in [0.25, 0.3) is 0 Å². The lowest BCUT2D eigenvalue weighted by Gasteiger charge is -2.10. The van der Waals surface area contributed by atoms with Gasteiger partial charge in [0, 0.05) is 21.8 Å². The van der Waals surface area contributed by atoms with Crippen molar-refractivity contribution in [2.75, 3.05) is 0 Å². The van der Waals surface area contributed by atoms with Crippen molar-refractivity contribution in [2.24, 2.45) is 0 Å².